The summed E-state index contributed by atoms with van der Waals surface area (Å²) in [7, 11) is -2.26. The van der Waals surface area contributed by atoms with E-state index in [1.54, 1.807) is 24.4 Å². The summed E-state index contributed by atoms with van der Waals surface area (Å²) in [4.78, 5) is 4.26. The predicted octanol–water partition coefficient (Wildman–Crippen LogP) is 2.13. The van der Waals surface area contributed by atoms with Gasteiger partial charge < -0.3 is 9.47 Å². The summed E-state index contributed by atoms with van der Waals surface area (Å²) in [5.41, 5.74) is 2.05. The third-order valence-electron chi connectivity index (χ3n) is 3.40. The molecular formula is C15H16N2O4S. The first-order chi connectivity index (χ1) is 10.5. The number of aromatic nitrogens is 1. The number of benzene rings is 1. The molecule has 0 saturated carbocycles. The van der Waals surface area contributed by atoms with Crippen molar-refractivity contribution >= 4 is 15.7 Å². The molecule has 0 amide bonds. The van der Waals surface area contributed by atoms with Gasteiger partial charge in [-0.15, -0.1) is 0 Å². The van der Waals surface area contributed by atoms with Gasteiger partial charge >= 0.3 is 0 Å². The summed E-state index contributed by atoms with van der Waals surface area (Å²) in [5, 5.41) is 0. The number of ether oxygens (including phenoxy) is 2. The Hall–Kier alpha value is -2.28. The number of nitrogens with zero attached hydrogens (tertiary/aromatic N) is 1. The number of methoxy groups -OCH3 is 1. The Labute approximate surface area is 129 Å². The Morgan fingerprint density at radius 3 is 2.91 bits per heavy atom. The number of hydrogen-bond donors (Lipinski definition) is 1. The van der Waals surface area contributed by atoms with E-state index in [9.17, 15) is 8.42 Å². The van der Waals surface area contributed by atoms with Crippen LogP contribution >= 0.6 is 0 Å². The maximum absolute atomic E-state index is 12.5. The van der Waals surface area contributed by atoms with Gasteiger partial charge in [0.1, 0.15) is 11.4 Å². The molecule has 116 valence electrons. The normalized spacial score (nSPS) is 13.4. The molecule has 1 aromatic carbocycles. The van der Waals surface area contributed by atoms with Gasteiger partial charge in [-0.25, -0.2) is 13.4 Å². The maximum Gasteiger partial charge on any atom is 0.262 e. The number of hydrogen-bond acceptors (Lipinski definition) is 5. The topological polar surface area (TPSA) is 77.5 Å². The van der Waals surface area contributed by atoms with E-state index in [0.29, 0.717) is 18.7 Å². The van der Waals surface area contributed by atoms with Crippen molar-refractivity contribution in [2.45, 2.75) is 18.2 Å². The Bertz CT molecular complexity index is 818. The lowest BCUT2D eigenvalue weighted by atomic mass is 10.2. The lowest BCUT2D eigenvalue weighted by molar-refractivity contribution is 0.356. The van der Waals surface area contributed by atoms with Crippen LogP contribution in [0.25, 0.3) is 0 Å². The van der Waals surface area contributed by atoms with Crippen LogP contribution < -0.4 is 14.2 Å². The third kappa shape index (κ3) is 2.71. The van der Waals surface area contributed by atoms with E-state index in [1.165, 1.54) is 13.2 Å². The van der Waals surface area contributed by atoms with E-state index in [-0.39, 0.29) is 10.8 Å². The van der Waals surface area contributed by atoms with Gasteiger partial charge in [0.25, 0.3) is 10.0 Å². The molecule has 1 aliphatic rings. The summed E-state index contributed by atoms with van der Waals surface area (Å²) in [6.45, 7) is 2.42. The Kier molecular flexibility index (Phi) is 3.66. The molecule has 0 atom stereocenters. The standard InChI is InChI=1S/C15H16N2O4S/c1-10-7-13(15(20-2)16-9-10)17-22(18,19)12-3-4-14-11(8-12)5-6-21-14/h3-4,7-9,17H,5-6H2,1-2H3. The average Bonchev–Trinajstić information content (AvgIpc) is 2.94. The molecule has 0 bridgehead atoms. The Balaban J connectivity index is 1.96. The van der Waals surface area contributed by atoms with Crippen molar-refractivity contribution < 1.29 is 17.9 Å². The van der Waals surface area contributed by atoms with Gasteiger partial charge in [0.15, 0.2) is 0 Å². The fourth-order valence-corrected chi connectivity index (χ4v) is 3.42. The van der Waals surface area contributed by atoms with Crippen molar-refractivity contribution in [1.82, 2.24) is 4.98 Å². The average molecular weight is 320 g/mol. The molecule has 1 aromatic heterocycles. The highest BCUT2D eigenvalue weighted by Crippen LogP contribution is 2.30. The number of rotatable bonds is 4. The van der Waals surface area contributed by atoms with Gasteiger partial charge in [-0.2, -0.15) is 0 Å². The lowest BCUT2D eigenvalue weighted by Gasteiger charge is -2.12. The highest BCUT2D eigenvalue weighted by molar-refractivity contribution is 7.92. The van der Waals surface area contributed by atoms with Crippen molar-refractivity contribution in [1.29, 1.82) is 0 Å². The molecule has 2 aromatic rings. The molecule has 3 rings (SSSR count). The van der Waals surface area contributed by atoms with Gasteiger partial charge in [-0.3, -0.25) is 4.72 Å². The SMILES string of the molecule is COc1ncc(C)cc1NS(=O)(=O)c1ccc2c(c1)CCO2. The van der Waals surface area contributed by atoms with E-state index in [4.69, 9.17) is 9.47 Å². The molecule has 6 nitrogen and oxygen atoms in total. The minimum Gasteiger partial charge on any atom is -0.493 e. The summed E-state index contributed by atoms with van der Waals surface area (Å²) in [6.07, 6.45) is 2.33. The largest absolute Gasteiger partial charge is 0.493 e. The van der Waals surface area contributed by atoms with Gasteiger partial charge in [-0.05, 0) is 42.3 Å². The monoisotopic (exact) mass is 320 g/mol. The summed E-state index contributed by atoms with van der Waals surface area (Å²) in [6, 6.07) is 6.53. The van der Waals surface area contributed by atoms with Crippen molar-refractivity contribution in [3.05, 3.63) is 41.6 Å². The number of aryl methyl sites for hydroxylation is 1. The molecule has 0 saturated heterocycles. The van der Waals surface area contributed by atoms with Crippen LogP contribution in [-0.4, -0.2) is 27.1 Å². The summed E-state index contributed by atoms with van der Waals surface area (Å²) in [5.74, 6) is 0.979. The van der Waals surface area contributed by atoms with Gasteiger partial charge in [0.2, 0.25) is 5.88 Å². The molecule has 1 aliphatic heterocycles. The maximum atomic E-state index is 12.5. The molecule has 0 aliphatic carbocycles. The van der Waals surface area contributed by atoms with E-state index < -0.39 is 10.0 Å². The second kappa shape index (κ2) is 5.49. The molecule has 0 radical (unpaired) electrons. The summed E-state index contributed by atoms with van der Waals surface area (Å²) < 4.78 is 38.1. The van der Waals surface area contributed by atoms with Gasteiger partial charge in [-0.1, -0.05) is 0 Å². The first kappa shape index (κ1) is 14.6. The molecule has 22 heavy (non-hydrogen) atoms. The van der Waals surface area contributed by atoms with Crippen molar-refractivity contribution in [3.63, 3.8) is 0 Å². The second-order valence-corrected chi connectivity index (χ2v) is 6.73. The fraction of sp³-hybridized carbons (Fsp3) is 0.267. The van der Waals surface area contributed by atoms with Crippen molar-refractivity contribution in [3.8, 4) is 11.6 Å². The van der Waals surface area contributed by atoms with E-state index in [2.05, 4.69) is 9.71 Å². The Morgan fingerprint density at radius 1 is 1.32 bits per heavy atom. The number of sulfonamides is 1. The van der Waals surface area contributed by atoms with E-state index >= 15 is 0 Å². The van der Waals surface area contributed by atoms with Crippen LogP contribution in [-0.2, 0) is 16.4 Å². The Morgan fingerprint density at radius 2 is 2.14 bits per heavy atom. The quantitative estimate of drug-likeness (QED) is 0.934. The lowest BCUT2D eigenvalue weighted by Crippen LogP contribution is -2.14. The predicted molar refractivity (Wildman–Crippen MR) is 82.0 cm³/mol. The van der Waals surface area contributed by atoms with E-state index in [1.807, 2.05) is 6.92 Å². The minimum atomic E-state index is -3.71. The first-order valence-electron chi connectivity index (χ1n) is 6.79. The van der Waals surface area contributed by atoms with Gasteiger partial charge in [0.05, 0.1) is 18.6 Å². The van der Waals surface area contributed by atoms with Crippen molar-refractivity contribution in [2.75, 3.05) is 18.4 Å². The molecule has 2 heterocycles. The van der Waals surface area contributed by atoms with Crippen molar-refractivity contribution in [2.24, 2.45) is 0 Å². The number of fused-ring (bicyclic) bond motifs is 1. The van der Waals surface area contributed by atoms with Crippen LogP contribution in [0.3, 0.4) is 0 Å². The third-order valence-corrected chi connectivity index (χ3v) is 4.76. The molecular weight excluding hydrogens is 304 g/mol. The first-order valence-corrected chi connectivity index (χ1v) is 8.27. The van der Waals surface area contributed by atoms with Crippen LogP contribution in [0.15, 0.2) is 35.4 Å². The smallest absolute Gasteiger partial charge is 0.262 e. The highest BCUT2D eigenvalue weighted by atomic mass is 32.2. The zero-order valence-electron chi connectivity index (χ0n) is 12.3. The second-order valence-electron chi connectivity index (χ2n) is 5.04. The zero-order chi connectivity index (χ0) is 15.7. The van der Waals surface area contributed by atoms with Crippen LogP contribution in [0.4, 0.5) is 5.69 Å². The highest BCUT2D eigenvalue weighted by Gasteiger charge is 2.21. The van der Waals surface area contributed by atoms with Crippen LogP contribution in [0.1, 0.15) is 11.1 Å². The zero-order valence-corrected chi connectivity index (χ0v) is 13.1. The van der Waals surface area contributed by atoms with Crippen LogP contribution in [0.5, 0.6) is 11.6 Å². The van der Waals surface area contributed by atoms with E-state index in [0.717, 1.165) is 16.9 Å². The number of pyridine rings is 1. The van der Waals surface area contributed by atoms with Gasteiger partial charge in [0, 0.05) is 12.6 Å². The van der Waals surface area contributed by atoms with Crippen LogP contribution in [0.2, 0.25) is 0 Å². The molecule has 0 fully saturated rings. The summed E-state index contributed by atoms with van der Waals surface area (Å²) >= 11 is 0. The van der Waals surface area contributed by atoms with Crippen LogP contribution in [0, 0.1) is 6.92 Å². The molecule has 1 N–H and O–H groups in total. The molecule has 0 unspecified atom stereocenters. The number of nitrogens with one attached hydrogen (secondary N) is 1. The number of anilines is 1. The molecule has 7 heteroatoms. The molecule has 0 spiro atoms. The minimum absolute atomic E-state index is 0.195. The fourth-order valence-electron chi connectivity index (χ4n) is 2.33.